The lowest BCUT2D eigenvalue weighted by Gasteiger charge is -2.26. The van der Waals surface area contributed by atoms with Gasteiger partial charge in [0.15, 0.2) is 0 Å². The van der Waals surface area contributed by atoms with E-state index < -0.39 is 11.1 Å². The van der Waals surface area contributed by atoms with E-state index >= 15 is 0 Å². The van der Waals surface area contributed by atoms with Crippen LogP contribution in [0.5, 0.6) is 5.75 Å². The molecule has 0 saturated carbocycles. The number of alkyl halides is 3. The molecule has 1 N–H and O–H groups in total. The minimum Gasteiger partial charge on any atom is -0.488 e. The third-order valence-electron chi connectivity index (χ3n) is 6.96. The lowest BCUT2D eigenvalue weighted by atomic mass is 9.80. The van der Waals surface area contributed by atoms with Crippen molar-refractivity contribution < 1.29 is 32.2 Å². The molecule has 5 nitrogen and oxygen atoms in total. The number of carbonyl (C=O) groups is 2. The molecule has 9 heteroatoms. The first kappa shape index (κ1) is 29.6. The Morgan fingerprint density at radius 3 is 2.62 bits per heavy atom. The number of hydrogen-bond acceptors (Lipinski definition) is 5. The fraction of sp³-hybridized carbons (Fsp3) is 0.419. The molecule has 2 aromatic carbocycles. The Balaban J connectivity index is 1.32. The van der Waals surface area contributed by atoms with Crippen LogP contribution in [-0.2, 0) is 33.5 Å². The number of aryl methyl sites for hydroxylation is 1. The number of amides is 1. The van der Waals surface area contributed by atoms with Gasteiger partial charge in [-0.25, -0.2) is 0 Å². The molecule has 1 atom stereocenters. The fourth-order valence-electron chi connectivity index (χ4n) is 5.08. The third-order valence-corrected chi connectivity index (χ3v) is 8.12. The lowest BCUT2D eigenvalue weighted by Crippen LogP contribution is -2.25. The summed E-state index contributed by atoms with van der Waals surface area (Å²) in [4.78, 5) is 23.6. The predicted molar refractivity (Wildman–Crippen MR) is 149 cm³/mol. The van der Waals surface area contributed by atoms with E-state index in [0.717, 1.165) is 42.6 Å². The largest absolute Gasteiger partial charge is 0.488 e. The van der Waals surface area contributed by atoms with Gasteiger partial charge in [-0.2, -0.15) is 13.2 Å². The van der Waals surface area contributed by atoms with Crippen LogP contribution in [0.3, 0.4) is 0 Å². The fourth-order valence-corrected chi connectivity index (χ4v) is 6.04. The zero-order valence-electron chi connectivity index (χ0n) is 22.5. The van der Waals surface area contributed by atoms with Gasteiger partial charge in [0.25, 0.3) is 0 Å². The summed E-state index contributed by atoms with van der Waals surface area (Å²) in [6.07, 6.45) is 0.450. The summed E-state index contributed by atoms with van der Waals surface area (Å²) in [5.74, 6) is 0.613. The Labute approximate surface area is 236 Å². The average molecular weight is 574 g/mol. The minimum atomic E-state index is -4.44. The van der Waals surface area contributed by atoms with E-state index in [-0.39, 0.29) is 30.0 Å². The maximum Gasteiger partial charge on any atom is 0.426 e. The molecule has 3 aromatic rings. The summed E-state index contributed by atoms with van der Waals surface area (Å²) in [5, 5.41) is 2.87. The highest BCUT2D eigenvalue weighted by Crippen LogP contribution is 2.43. The van der Waals surface area contributed by atoms with Gasteiger partial charge in [-0.05, 0) is 79.8 Å². The molecule has 40 heavy (non-hydrogen) atoms. The van der Waals surface area contributed by atoms with Gasteiger partial charge < -0.3 is 14.8 Å². The molecule has 1 heterocycles. The molecule has 1 aromatic heterocycles. The van der Waals surface area contributed by atoms with Gasteiger partial charge >= 0.3 is 12.1 Å². The third kappa shape index (κ3) is 8.10. The average Bonchev–Trinajstić information content (AvgIpc) is 3.39. The van der Waals surface area contributed by atoms with Gasteiger partial charge in [0.2, 0.25) is 5.91 Å². The number of rotatable bonds is 12. The van der Waals surface area contributed by atoms with Crippen LogP contribution in [0, 0.1) is 0 Å². The second-order valence-electron chi connectivity index (χ2n) is 9.85. The number of nitrogens with one attached hydrogen (secondary N) is 1. The molecule has 1 aliphatic carbocycles. The number of halogens is 3. The van der Waals surface area contributed by atoms with Crippen molar-refractivity contribution in [2.75, 3.05) is 13.2 Å². The van der Waals surface area contributed by atoms with Crippen LogP contribution in [0.2, 0.25) is 0 Å². The Kier molecular flexibility index (Phi) is 10.3. The van der Waals surface area contributed by atoms with Crippen molar-refractivity contribution in [1.29, 1.82) is 0 Å². The van der Waals surface area contributed by atoms with Crippen molar-refractivity contribution in [3.05, 3.63) is 75.5 Å². The summed E-state index contributed by atoms with van der Waals surface area (Å²) in [6.45, 7) is 2.62. The monoisotopic (exact) mass is 573 g/mol. The zero-order chi connectivity index (χ0) is 28.5. The van der Waals surface area contributed by atoms with Crippen molar-refractivity contribution in [1.82, 2.24) is 5.32 Å². The number of fused-ring (bicyclic) bond motifs is 1. The predicted octanol–water partition coefficient (Wildman–Crippen LogP) is 7.67. The van der Waals surface area contributed by atoms with E-state index in [9.17, 15) is 22.8 Å². The first-order valence-electron chi connectivity index (χ1n) is 13.7. The normalized spacial score (nSPS) is 14.8. The number of thiophene rings is 1. The van der Waals surface area contributed by atoms with E-state index in [2.05, 4.69) is 5.32 Å². The van der Waals surface area contributed by atoms with E-state index in [1.54, 1.807) is 43.3 Å². The molecule has 1 aliphatic rings. The summed E-state index contributed by atoms with van der Waals surface area (Å²) in [6, 6.07) is 16.0. The second kappa shape index (κ2) is 13.8. The van der Waals surface area contributed by atoms with Gasteiger partial charge in [-0.3, -0.25) is 9.59 Å². The molecular weight excluding hydrogens is 539 g/mol. The second-order valence-corrected chi connectivity index (χ2v) is 11.0. The molecule has 4 rings (SSSR count). The van der Waals surface area contributed by atoms with E-state index in [1.165, 1.54) is 5.56 Å². The van der Waals surface area contributed by atoms with Crippen molar-refractivity contribution in [3.8, 4) is 16.9 Å². The SMILES string of the molecule is CCOC(=O)CCCNC(=O)CCC1CCCc2cc(OCc3cc(-c4ccccc4)c(C(F)(F)F)s3)ccc21. The van der Waals surface area contributed by atoms with Gasteiger partial charge in [0.05, 0.1) is 6.61 Å². The highest BCUT2D eigenvalue weighted by Gasteiger charge is 2.36. The molecule has 0 radical (unpaired) electrons. The van der Waals surface area contributed by atoms with Crippen molar-refractivity contribution in [3.63, 3.8) is 0 Å². The number of carbonyl (C=O) groups excluding carboxylic acids is 2. The molecule has 0 fully saturated rings. The maximum absolute atomic E-state index is 13.7. The summed E-state index contributed by atoms with van der Waals surface area (Å²) in [7, 11) is 0. The molecule has 0 spiro atoms. The minimum absolute atomic E-state index is 0.0278. The summed E-state index contributed by atoms with van der Waals surface area (Å²) >= 11 is 0.719. The Hall–Kier alpha value is -3.33. The van der Waals surface area contributed by atoms with Gasteiger partial charge in [-0.15, -0.1) is 11.3 Å². The van der Waals surface area contributed by atoms with Crippen LogP contribution >= 0.6 is 11.3 Å². The Morgan fingerprint density at radius 1 is 1.07 bits per heavy atom. The molecule has 1 amide bonds. The summed E-state index contributed by atoms with van der Waals surface area (Å²) < 4.78 is 52.0. The standard InChI is InChI=1S/C31H34F3NO4S/c1-2-38-29(37)12-7-17-35-28(36)16-13-22-10-6-11-23-18-24(14-15-26(22)23)39-20-25-19-27(21-8-4-3-5-9-21)30(40-25)31(32,33)34/h3-5,8-9,14-15,18-19,22H,2,6-7,10-13,16-17,20H2,1H3,(H,35,36). The first-order chi connectivity index (χ1) is 19.2. The zero-order valence-corrected chi connectivity index (χ0v) is 23.3. The van der Waals surface area contributed by atoms with Crippen LogP contribution < -0.4 is 10.1 Å². The van der Waals surface area contributed by atoms with Crippen LogP contribution in [0.4, 0.5) is 13.2 Å². The first-order valence-corrected chi connectivity index (χ1v) is 14.5. The van der Waals surface area contributed by atoms with Crippen LogP contribution in [0.1, 0.15) is 72.2 Å². The van der Waals surface area contributed by atoms with Gasteiger partial charge in [0.1, 0.15) is 17.2 Å². The van der Waals surface area contributed by atoms with Crippen LogP contribution in [0.15, 0.2) is 54.6 Å². The van der Waals surface area contributed by atoms with Gasteiger partial charge in [-0.1, -0.05) is 36.4 Å². The number of hydrogen-bond donors (Lipinski definition) is 1. The molecule has 0 bridgehead atoms. The highest BCUT2D eigenvalue weighted by atomic mass is 32.1. The Morgan fingerprint density at radius 2 is 1.88 bits per heavy atom. The quantitative estimate of drug-likeness (QED) is 0.178. The molecule has 0 aliphatic heterocycles. The number of ether oxygens (including phenoxy) is 2. The number of benzene rings is 2. The van der Waals surface area contributed by atoms with E-state index in [4.69, 9.17) is 9.47 Å². The molecule has 0 saturated heterocycles. The maximum atomic E-state index is 13.7. The smallest absolute Gasteiger partial charge is 0.426 e. The topological polar surface area (TPSA) is 64.6 Å². The van der Waals surface area contributed by atoms with E-state index in [1.807, 2.05) is 18.2 Å². The van der Waals surface area contributed by atoms with Crippen LogP contribution in [0.25, 0.3) is 11.1 Å². The molecule has 1 unspecified atom stereocenters. The molecular formula is C31H34F3NO4S. The van der Waals surface area contributed by atoms with E-state index in [0.29, 0.717) is 48.6 Å². The van der Waals surface area contributed by atoms with Crippen LogP contribution in [-0.4, -0.2) is 25.0 Å². The van der Waals surface area contributed by atoms with Crippen molar-refractivity contribution in [2.45, 2.75) is 70.6 Å². The molecule has 214 valence electrons. The number of esters is 1. The van der Waals surface area contributed by atoms with Crippen molar-refractivity contribution in [2.24, 2.45) is 0 Å². The Bertz CT molecular complexity index is 1290. The summed E-state index contributed by atoms with van der Waals surface area (Å²) in [5.41, 5.74) is 3.07. The van der Waals surface area contributed by atoms with Crippen molar-refractivity contribution >= 4 is 23.2 Å². The van der Waals surface area contributed by atoms with Gasteiger partial charge in [0, 0.05) is 29.8 Å². The highest BCUT2D eigenvalue weighted by molar-refractivity contribution is 7.12. The lowest BCUT2D eigenvalue weighted by molar-refractivity contribution is -0.143.